The highest BCUT2D eigenvalue weighted by Gasteiger charge is 2.39. The van der Waals surface area contributed by atoms with Crippen LogP contribution in [0.1, 0.15) is 58.3 Å². The number of halogens is 2. The van der Waals surface area contributed by atoms with Gasteiger partial charge < -0.3 is 13.8 Å². The van der Waals surface area contributed by atoms with Crippen molar-refractivity contribution in [2.45, 2.75) is 58.2 Å². The van der Waals surface area contributed by atoms with Crippen molar-refractivity contribution in [1.82, 2.24) is 0 Å². The van der Waals surface area contributed by atoms with E-state index in [-0.39, 0.29) is 32.5 Å². The Hall–Kier alpha value is -0.955. The van der Waals surface area contributed by atoms with Crippen molar-refractivity contribution in [2.24, 2.45) is 5.41 Å². The molecule has 31 heavy (non-hydrogen) atoms. The van der Waals surface area contributed by atoms with Gasteiger partial charge in [-0.1, -0.05) is 27.7 Å². The van der Waals surface area contributed by atoms with E-state index in [1.54, 1.807) is 0 Å². The summed E-state index contributed by atoms with van der Waals surface area (Å²) in [6, 6.07) is 2.00. The van der Waals surface area contributed by atoms with Crippen LogP contribution < -0.4 is 5.46 Å². The number of rotatable bonds is 8. The average molecular weight is 456 g/mol. The summed E-state index contributed by atoms with van der Waals surface area (Å²) in [5, 5.41) is 0. The van der Waals surface area contributed by atoms with E-state index in [0.717, 1.165) is 23.0 Å². The van der Waals surface area contributed by atoms with Crippen molar-refractivity contribution < 1.29 is 27.4 Å². The topological polar surface area (TPSA) is 35.5 Å². The first-order chi connectivity index (χ1) is 13.9. The molecular weight excluding hydrogens is 419 g/mol. The molecule has 174 valence electrons. The summed E-state index contributed by atoms with van der Waals surface area (Å²) in [5.74, 6) is -1.77. The molecule has 0 amide bonds. The fraction of sp³-hybridized carbons (Fsp3) is 0.696. The molecule has 1 saturated heterocycles. The summed E-state index contributed by atoms with van der Waals surface area (Å²) in [6.45, 7) is 13.3. The van der Waals surface area contributed by atoms with Crippen molar-refractivity contribution in [1.29, 1.82) is 0 Å². The molecule has 0 aromatic heterocycles. The number of carbonyl (C=O) groups is 1. The number of thioether (sulfide) groups is 1. The van der Waals surface area contributed by atoms with Gasteiger partial charge in [0.15, 0.2) is 5.78 Å². The Morgan fingerprint density at radius 1 is 1.10 bits per heavy atom. The summed E-state index contributed by atoms with van der Waals surface area (Å²) < 4.78 is 41.1. The number of carbonyl (C=O) groups excluding carboxylic acids is 1. The highest BCUT2D eigenvalue weighted by molar-refractivity contribution is 8.01. The second-order valence-corrected chi connectivity index (χ2v) is 13.1. The molecule has 1 aliphatic heterocycles. The predicted octanol–water partition coefficient (Wildman–Crippen LogP) is 4.30. The Labute approximate surface area is 190 Å². The molecule has 1 fully saturated rings. The highest BCUT2D eigenvalue weighted by atomic mass is 32.2. The summed E-state index contributed by atoms with van der Waals surface area (Å²) >= 11 is 1.47. The quantitative estimate of drug-likeness (QED) is 0.332. The third-order valence-corrected chi connectivity index (χ3v) is 7.49. The van der Waals surface area contributed by atoms with Crippen molar-refractivity contribution in [3.63, 3.8) is 0 Å². The molecule has 1 aromatic carbocycles. The Balaban J connectivity index is 2.08. The van der Waals surface area contributed by atoms with Crippen LogP contribution in [-0.2, 0) is 9.31 Å². The number of Topliss-reactive ketones (excluding diaryl/α,β-unsaturated/α-hetero) is 1. The van der Waals surface area contributed by atoms with Crippen LogP contribution in [0.5, 0.6) is 0 Å². The molecule has 0 atom stereocenters. The lowest BCUT2D eigenvalue weighted by atomic mass is 9.75. The summed E-state index contributed by atoms with van der Waals surface area (Å²) in [7, 11) is 5.48. The summed E-state index contributed by atoms with van der Waals surface area (Å²) in [4.78, 5) is 12.7. The first-order valence-electron chi connectivity index (χ1n) is 10.7. The first kappa shape index (κ1) is 26.3. The second-order valence-electron chi connectivity index (χ2n) is 11.4. The van der Waals surface area contributed by atoms with Crippen molar-refractivity contribution in [3.05, 3.63) is 29.3 Å². The van der Waals surface area contributed by atoms with Gasteiger partial charge in [-0.2, -0.15) is 0 Å². The Bertz CT molecular complexity index is 812. The molecule has 1 heterocycles. The molecule has 8 heteroatoms. The number of nitrogens with zero attached hydrogens (tertiary/aromatic N) is 1. The molecule has 1 aromatic rings. The molecule has 0 saturated carbocycles. The van der Waals surface area contributed by atoms with Crippen molar-refractivity contribution >= 4 is 30.1 Å². The molecule has 2 rings (SSSR count). The molecule has 0 unspecified atom stereocenters. The molecule has 1 aliphatic rings. The maximum Gasteiger partial charge on any atom is 0.497 e. The van der Waals surface area contributed by atoms with Crippen LogP contribution in [0.25, 0.3) is 0 Å². The molecular formula is C23H37BF2NO3S+. The maximum atomic E-state index is 14.7. The van der Waals surface area contributed by atoms with Crippen LogP contribution in [0.3, 0.4) is 0 Å². The van der Waals surface area contributed by atoms with Gasteiger partial charge in [-0.3, -0.25) is 4.79 Å². The van der Waals surface area contributed by atoms with Gasteiger partial charge in [0.2, 0.25) is 0 Å². The lowest BCUT2D eigenvalue weighted by Gasteiger charge is -2.45. The minimum Gasteiger partial charge on any atom is -0.407 e. The Kier molecular flexibility index (Phi) is 7.74. The van der Waals surface area contributed by atoms with Gasteiger partial charge >= 0.3 is 7.12 Å². The largest absolute Gasteiger partial charge is 0.497 e. The second kappa shape index (κ2) is 9.12. The lowest BCUT2D eigenvalue weighted by Crippen LogP contribution is -2.55. The lowest BCUT2D eigenvalue weighted by molar-refractivity contribution is -0.920. The molecule has 0 radical (unpaired) electrons. The monoisotopic (exact) mass is 456 g/mol. The molecule has 0 bridgehead atoms. The summed E-state index contributed by atoms with van der Waals surface area (Å²) in [6.07, 6.45) is 0.865. The van der Waals surface area contributed by atoms with E-state index >= 15 is 0 Å². The van der Waals surface area contributed by atoms with Gasteiger partial charge in [-0.25, -0.2) is 8.78 Å². The number of benzene rings is 1. The van der Waals surface area contributed by atoms with E-state index in [9.17, 15) is 13.6 Å². The normalized spacial score (nSPS) is 17.7. The Morgan fingerprint density at radius 2 is 1.65 bits per heavy atom. The third kappa shape index (κ3) is 6.76. The SMILES string of the molecule is CC1(C)COB(c2cc(F)c(C(=O)CSC(C)(C)CC(C)(C)[N+](C)(C)C)cc2F)OC1. The number of hydrogen-bond acceptors (Lipinski definition) is 4. The molecule has 0 N–H and O–H groups in total. The van der Waals surface area contributed by atoms with E-state index in [2.05, 4.69) is 48.8 Å². The third-order valence-electron chi connectivity index (χ3n) is 6.16. The minimum atomic E-state index is -0.960. The van der Waals surface area contributed by atoms with E-state index in [4.69, 9.17) is 9.31 Å². The van der Waals surface area contributed by atoms with Gasteiger partial charge in [0, 0.05) is 35.3 Å². The first-order valence-corrected chi connectivity index (χ1v) is 11.6. The van der Waals surface area contributed by atoms with E-state index in [1.807, 2.05) is 13.8 Å². The van der Waals surface area contributed by atoms with Crippen LogP contribution in [0, 0.1) is 17.0 Å². The Morgan fingerprint density at radius 3 is 2.16 bits per heavy atom. The van der Waals surface area contributed by atoms with E-state index in [0.29, 0.717) is 13.2 Å². The number of quaternary nitrogens is 1. The fourth-order valence-corrected chi connectivity index (χ4v) is 4.63. The van der Waals surface area contributed by atoms with Gasteiger partial charge in [0.05, 0.1) is 38.0 Å². The number of ketones is 1. The standard InChI is InChI=1S/C23H37BF2NO3S/c1-21(2)14-29-24(30-15-21)17-11-18(25)16(10-19(17)26)20(28)12-31-23(5,6)13-22(3,4)27(7,8)9/h10-11H,12-15H2,1-9H3/q+1. The number of hydrogen-bond donors (Lipinski definition) is 0. The van der Waals surface area contributed by atoms with Crippen LogP contribution in [0.2, 0.25) is 0 Å². The van der Waals surface area contributed by atoms with Crippen molar-refractivity contribution in [2.75, 3.05) is 40.1 Å². The van der Waals surface area contributed by atoms with Crippen LogP contribution in [0.15, 0.2) is 12.1 Å². The molecule has 0 aliphatic carbocycles. The van der Waals surface area contributed by atoms with Gasteiger partial charge in [-0.15, -0.1) is 11.8 Å². The average Bonchev–Trinajstić information content (AvgIpc) is 2.60. The smallest absolute Gasteiger partial charge is 0.407 e. The summed E-state index contributed by atoms with van der Waals surface area (Å²) in [5.41, 5.74) is -0.423. The zero-order valence-corrected chi connectivity index (χ0v) is 21.2. The highest BCUT2D eigenvalue weighted by Crippen LogP contribution is 2.37. The predicted molar refractivity (Wildman–Crippen MR) is 125 cm³/mol. The zero-order chi connectivity index (χ0) is 23.8. The van der Waals surface area contributed by atoms with Gasteiger partial charge in [0.1, 0.15) is 11.6 Å². The maximum absolute atomic E-state index is 14.7. The van der Waals surface area contributed by atoms with Crippen LogP contribution in [0.4, 0.5) is 8.78 Å². The minimum absolute atomic E-state index is 0.00683. The van der Waals surface area contributed by atoms with E-state index in [1.165, 1.54) is 11.8 Å². The fourth-order valence-electron chi connectivity index (χ4n) is 3.50. The van der Waals surface area contributed by atoms with Crippen LogP contribution >= 0.6 is 11.8 Å². The zero-order valence-electron chi connectivity index (χ0n) is 20.4. The molecule has 4 nitrogen and oxygen atoms in total. The van der Waals surface area contributed by atoms with E-state index < -0.39 is 24.5 Å². The van der Waals surface area contributed by atoms with Gasteiger partial charge in [-0.05, 0) is 26.0 Å². The van der Waals surface area contributed by atoms with Crippen LogP contribution in [-0.4, -0.2) is 67.8 Å². The van der Waals surface area contributed by atoms with Crippen molar-refractivity contribution in [3.8, 4) is 0 Å². The van der Waals surface area contributed by atoms with Gasteiger partial charge in [0.25, 0.3) is 0 Å². The molecule has 0 spiro atoms.